The van der Waals surface area contributed by atoms with Crippen molar-refractivity contribution in [2.45, 2.75) is 89.3 Å². The number of nitrogens with one attached hydrogen (secondary N) is 1. The monoisotopic (exact) mass is 653 g/mol. The zero-order valence-corrected chi connectivity index (χ0v) is 29.3. The lowest BCUT2D eigenvalue weighted by Crippen LogP contribution is -2.47. The lowest BCUT2D eigenvalue weighted by atomic mass is 9.68. The van der Waals surface area contributed by atoms with E-state index in [1.54, 1.807) is 49.8 Å². The van der Waals surface area contributed by atoms with Crippen LogP contribution < -0.4 is 5.32 Å². The first-order valence-electron chi connectivity index (χ1n) is 16.8. The number of carbonyl (C=O) groups is 3. The normalized spacial score (nSPS) is 16.2. The highest BCUT2D eigenvalue weighted by Crippen LogP contribution is 2.48. The number of benzene rings is 2. The number of rotatable bonds is 11. The highest BCUT2D eigenvalue weighted by Gasteiger charge is 2.47. The van der Waals surface area contributed by atoms with Gasteiger partial charge in [0.1, 0.15) is 11.5 Å². The van der Waals surface area contributed by atoms with Crippen molar-refractivity contribution in [3.63, 3.8) is 0 Å². The second-order valence-corrected chi connectivity index (χ2v) is 14.0. The summed E-state index contributed by atoms with van der Waals surface area (Å²) in [5, 5.41) is 22.2. The Hall–Kier alpha value is -4.56. The van der Waals surface area contributed by atoms with Crippen LogP contribution in [0, 0.1) is 11.3 Å². The molecule has 1 fully saturated rings. The number of hydrogen-bond acceptors (Lipinski definition) is 8. The molecule has 11 nitrogen and oxygen atoms in total. The summed E-state index contributed by atoms with van der Waals surface area (Å²) >= 11 is 0. The summed E-state index contributed by atoms with van der Waals surface area (Å²) < 4.78 is 6.53. The third-order valence-electron chi connectivity index (χ3n) is 9.45. The topological polar surface area (TPSA) is 136 Å². The van der Waals surface area contributed by atoms with Gasteiger partial charge in [-0.1, -0.05) is 26.0 Å². The molecule has 2 aromatic carbocycles. The van der Waals surface area contributed by atoms with Gasteiger partial charge in [0.15, 0.2) is 0 Å². The van der Waals surface area contributed by atoms with Crippen molar-refractivity contribution in [1.29, 1.82) is 5.26 Å². The molecule has 1 saturated carbocycles. The van der Waals surface area contributed by atoms with Crippen LogP contribution in [0.15, 0.2) is 40.8 Å². The van der Waals surface area contributed by atoms with Crippen molar-refractivity contribution in [2.24, 2.45) is 0 Å². The van der Waals surface area contributed by atoms with Crippen molar-refractivity contribution < 1.29 is 18.8 Å². The molecule has 254 valence electrons. The maximum Gasteiger partial charge on any atom is 0.253 e. The first kappa shape index (κ1) is 34.8. The lowest BCUT2D eigenvalue weighted by Gasteiger charge is -2.36. The van der Waals surface area contributed by atoms with Crippen LogP contribution in [0.5, 0.6) is 0 Å². The zero-order valence-electron chi connectivity index (χ0n) is 29.3. The Kier molecular flexibility index (Phi) is 10.1. The van der Waals surface area contributed by atoms with E-state index in [1.165, 1.54) is 0 Å². The smallest absolute Gasteiger partial charge is 0.253 e. The maximum absolute atomic E-state index is 13.4. The molecular weight excluding hydrogens is 606 g/mol. The number of carbonyl (C=O) groups excluding carboxylic acids is 3. The van der Waals surface area contributed by atoms with Gasteiger partial charge in [0.25, 0.3) is 11.8 Å². The molecule has 2 atom stereocenters. The summed E-state index contributed by atoms with van der Waals surface area (Å²) in [5.74, 6) is 0.640. The summed E-state index contributed by atoms with van der Waals surface area (Å²) in [6.45, 7) is 7.87. The number of amides is 3. The van der Waals surface area contributed by atoms with Crippen LogP contribution in [0.1, 0.15) is 108 Å². The summed E-state index contributed by atoms with van der Waals surface area (Å²) in [5.41, 5.74) is 4.05. The fourth-order valence-corrected chi connectivity index (χ4v) is 6.84. The number of nitrogens with zero attached hydrogens (tertiary/aromatic N) is 6. The third-order valence-corrected chi connectivity index (χ3v) is 9.45. The van der Waals surface area contributed by atoms with Crippen molar-refractivity contribution in [3.8, 4) is 6.07 Å². The standard InChI is InChI=1S/C37H47N7O4/c1-22(2)33-40-41-36(48-33)37(19-23(3)39-21-32(45)44(24(4)20-38)29-13-14-29)30-15-11-27(34(46)42(5)6)17-25(30)9-10-26-18-28(12-16-31(26)37)35(47)43(7)8/h11-12,15-18,22-24,29,39H,9-10,13-14,19,21H2,1-8H3/t23-,24?/m1/s1. The molecule has 0 radical (unpaired) electrons. The average Bonchev–Trinajstić information content (AvgIpc) is 3.79. The molecule has 5 rings (SSSR count). The number of nitriles is 1. The van der Waals surface area contributed by atoms with Crippen LogP contribution in [0.25, 0.3) is 0 Å². The molecule has 0 spiro atoms. The van der Waals surface area contributed by atoms with E-state index in [4.69, 9.17) is 4.42 Å². The molecule has 1 aromatic heterocycles. The Labute approximate surface area is 283 Å². The number of aromatic nitrogens is 2. The molecule has 3 amide bonds. The summed E-state index contributed by atoms with van der Waals surface area (Å²) in [6.07, 6.45) is 3.53. The van der Waals surface area contributed by atoms with Crippen molar-refractivity contribution in [2.75, 3.05) is 34.7 Å². The number of hydrogen-bond donors (Lipinski definition) is 1. The molecular formula is C37H47N7O4. The first-order chi connectivity index (χ1) is 22.8. The molecule has 0 aliphatic heterocycles. The van der Waals surface area contributed by atoms with Gasteiger partial charge in [-0.15, -0.1) is 10.2 Å². The lowest BCUT2D eigenvalue weighted by molar-refractivity contribution is -0.132. The quantitative estimate of drug-likeness (QED) is 0.324. The predicted octanol–water partition coefficient (Wildman–Crippen LogP) is 4.30. The van der Waals surface area contributed by atoms with Crippen molar-refractivity contribution in [1.82, 2.24) is 30.2 Å². The molecule has 2 aliphatic rings. The van der Waals surface area contributed by atoms with E-state index in [0.717, 1.165) is 35.1 Å². The summed E-state index contributed by atoms with van der Waals surface area (Å²) in [7, 11) is 6.94. The predicted molar refractivity (Wildman–Crippen MR) is 182 cm³/mol. The van der Waals surface area contributed by atoms with Crippen LogP contribution in [0.4, 0.5) is 0 Å². The van der Waals surface area contributed by atoms with E-state index in [-0.39, 0.29) is 42.3 Å². The van der Waals surface area contributed by atoms with Crippen LogP contribution in [-0.4, -0.2) is 95.5 Å². The molecule has 1 N–H and O–H groups in total. The Bertz CT molecular complexity index is 1660. The van der Waals surface area contributed by atoms with E-state index in [9.17, 15) is 19.6 Å². The van der Waals surface area contributed by atoms with E-state index in [2.05, 4.69) is 21.6 Å². The Morgan fingerprint density at radius 1 is 0.917 bits per heavy atom. The maximum atomic E-state index is 13.4. The number of aryl methyl sites for hydroxylation is 2. The fourth-order valence-electron chi connectivity index (χ4n) is 6.84. The minimum atomic E-state index is -0.966. The second-order valence-electron chi connectivity index (χ2n) is 14.0. The summed E-state index contributed by atoms with van der Waals surface area (Å²) in [6, 6.07) is 13.2. The largest absolute Gasteiger partial charge is 0.424 e. The molecule has 0 bridgehead atoms. The van der Waals surface area contributed by atoms with Crippen molar-refractivity contribution >= 4 is 17.7 Å². The molecule has 11 heteroatoms. The molecule has 48 heavy (non-hydrogen) atoms. The average molecular weight is 654 g/mol. The van der Waals surface area contributed by atoms with E-state index < -0.39 is 11.5 Å². The van der Waals surface area contributed by atoms with Gasteiger partial charge in [0.2, 0.25) is 17.7 Å². The second kappa shape index (κ2) is 13.9. The van der Waals surface area contributed by atoms with Gasteiger partial charge >= 0.3 is 0 Å². The van der Waals surface area contributed by atoms with Gasteiger partial charge in [0, 0.05) is 57.3 Å². The SMILES string of the molecule is CC(C)c1nnc(C2(C[C@@H](C)NCC(=O)N(C(C)C#N)C3CC3)c3ccc(C(=O)N(C)C)cc3CCc3cc(C(=O)N(C)C)ccc32)o1. The Balaban J connectivity index is 1.66. The minimum absolute atomic E-state index is 0.00287. The Morgan fingerprint density at radius 3 is 1.90 bits per heavy atom. The molecule has 3 aromatic rings. The molecule has 0 saturated heterocycles. The van der Waals surface area contributed by atoms with E-state index in [1.807, 2.05) is 57.2 Å². The number of fused-ring (bicyclic) bond motifs is 2. The van der Waals surface area contributed by atoms with Gasteiger partial charge in [0.05, 0.1) is 12.6 Å². The highest BCUT2D eigenvalue weighted by molar-refractivity contribution is 5.95. The third kappa shape index (κ3) is 6.72. The van der Waals surface area contributed by atoms with Gasteiger partial charge in [-0.05, 0) is 92.5 Å². The Morgan fingerprint density at radius 2 is 1.46 bits per heavy atom. The van der Waals surface area contributed by atoms with Gasteiger partial charge in [-0.25, -0.2) is 0 Å². The van der Waals surface area contributed by atoms with Crippen LogP contribution in [0.3, 0.4) is 0 Å². The first-order valence-corrected chi connectivity index (χ1v) is 16.8. The van der Waals surface area contributed by atoms with Crippen LogP contribution in [0.2, 0.25) is 0 Å². The van der Waals surface area contributed by atoms with Crippen LogP contribution in [-0.2, 0) is 23.1 Å². The molecule has 1 heterocycles. The highest BCUT2D eigenvalue weighted by atomic mass is 16.4. The molecule has 1 unspecified atom stereocenters. The van der Waals surface area contributed by atoms with Crippen molar-refractivity contribution in [3.05, 3.63) is 81.6 Å². The zero-order chi connectivity index (χ0) is 34.9. The minimum Gasteiger partial charge on any atom is -0.424 e. The summed E-state index contributed by atoms with van der Waals surface area (Å²) in [4.78, 5) is 44.5. The molecule has 2 aliphatic carbocycles. The van der Waals surface area contributed by atoms with E-state index in [0.29, 0.717) is 42.2 Å². The van der Waals surface area contributed by atoms with Gasteiger partial charge < -0.3 is 24.4 Å². The van der Waals surface area contributed by atoms with E-state index >= 15 is 0 Å². The van der Waals surface area contributed by atoms with Gasteiger partial charge in [-0.2, -0.15) is 5.26 Å². The fraction of sp³-hybridized carbons (Fsp3) is 0.514. The van der Waals surface area contributed by atoms with Crippen LogP contribution >= 0.6 is 0 Å². The van der Waals surface area contributed by atoms with Gasteiger partial charge in [-0.3, -0.25) is 14.4 Å².